The van der Waals surface area contributed by atoms with Crippen molar-refractivity contribution in [1.29, 1.82) is 0 Å². The number of methoxy groups -OCH3 is 1. The van der Waals surface area contributed by atoms with E-state index >= 15 is 0 Å². The molecule has 0 amide bonds. The molecule has 0 aromatic heterocycles. The van der Waals surface area contributed by atoms with Crippen molar-refractivity contribution < 1.29 is 13.2 Å². The largest absolute Gasteiger partial charge is 0.495 e. The Balaban J connectivity index is 2.22. The minimum atomic E-state index is -3.71. The lowest BCUT2D eigenvalue weighted by Crippen LogP contribution is -2.23. The van der Waals surface area contributed by atoms with Crippen LogP contribution in [0.1, 0.15) is 5.56 Å². The number of hydrogen-bond acceptors (Lipinski definition) is 3. The Morgan fingerprint density at radius 2 is 1.86 bits per heavy atom. The van der Waals surface area contributed by atoms with Crippen molar-refractivity contribution in [3.8, 4) is 5.75 Å². The van der Waals surface area contributed by atoms with Gasteiger partial charge in [-0.05, 0) is 35.9 Å². The Hall–Kier alpha value is -1.08. The molecule has 0 unspecified atom stereocenters. The molecule has 0 aliphatic heterocycles. The average molecular weight is 391 g/mol. The average Bonchev–Trinajstić information content (AvgIpc) is 2.47. The molecule has 0 atom stereocenters. The van der Waals surface area contributed by atoms with Gasteiger partial charge < -0.3 is 4.74 Å². The van der Waals surface area contributed by atoms with Crippen LogP contribution in [0.4, 0.5) is 0 Å². The van der Waals surface area contributed by atoms with Crippen LogP contribution >= 0.6 is 27.5 Å². The highest BCUT2D eigenvalue weighted by atomic mass is 79.9. The smallest absolute Gasteiger partial charge is 0.244 e. The Bertz CT molecular complexity index is 732. The fourth-order valence-corrected chi connectivity index (χ4v) is 3.43. The molecule has 2 aromatic rings. The normalized spacial score (nSPS) is 11.4. The summed E-state index contributed by atoms with van der Waals surface area (Å²) >= 11 is 9.19. The Labute approximate surface area is 137 Å². The van der Waals surface area contributed by atoms with Crippen LogP contribution in [0.15, 0.2) is 51.8 Å². The molecule has 0 saturated heterocycles. The molecule has 112 valence electrons. The second-order valence-electron chi connectivity index (χ2n) is 4.25. The summed E-state index contributed by atoms with van der Waals surface area (Å²) in [4.78, 5) is 0.0228. The Kier molecular flexibility index (Phi) is 5.27. The molecule has 0 fully saturated rings. The fraction of sp³-hybridized carbons (Fsp3) is 0.143. The zero-order valence-electron chi connectivity index (χ0n) is 11.1. The molecule has 0 aliphatic rings. The van der Waals surface area contributed by atoms with Crippen molar-refractivity contribution in [3.63, 3.8) is 0 Å². The number of sulfonamides is 1. The molecule has 0 saturated carbocycles. The highest BCUT2D eigenvalue weighted by Gasteiger charge is 2.19. The molecule has 2 rings (SSSR count). The summed E-state index contributed by atoms with van der Waals surface area (Å²) in [5.41, 5.74) is 0.850. The van der Waals surface area contributed by atoms with Gasteiger partial charge in [-0.3, -0.25) is 0 Å². The van der Waals surface area contributed by atoms with E-state index in [-0.39, 0.29) is 17.2 Å². The molecule has 0 aliphatic carbocycles. The second-order valence-corrected chi connectivity index (χ2v) is 7.33. The third-order valence-electron chi connectivity index (χ3n) is 2.79. The minimum absolute atomic E-state index is 0.0228. The maximum absolute atomic E-state index is 12.3. The number of rotatable bonds is 5. The van der Waals surface area contributed by atoms with Gasteiger partial charge in [0, 0.05) is 16.0 Å². The topological polar surface area (TPSA) is 55.4 Å². The molecule has 0 radical (unpaired) electrons. The number of halogens is 2. The van der Waals surface area contributed by atoms with Crippen molar-refractivity contribution in [2.24, 2.45) is 0 Å². The first kappa shape index (κ1) is 16.3. The van der Waals surface area contributed by atoms with Crippen molar-refractivity contribution in [2.75, 3.05) is 7.11 Å². The quantitative estimate of drug-likeness (QED) is 0.849. The van der Waals surface area contributed by atoms with Gasteiger partial charge >= 0.3 is 0 Å². The maximum atomic E-state index is 12.3. The predicted molar refractivity (Wildman–Crippen MR) is 86.2 cm³/mol. The van der Waals surface area contributed by atoms with Crippen LogP contribution in [0, 0.1) is 0 Å². The molecule has 21 heavy (non-hydrogen) atoms. The second kappa shape index (κ2) is 6.79. The zero-order valence-corrected chi connectivity index (χ0v) is 14.3. The molecular formula is C14H13BrClNO3S. The monoisotopic (exact) mass is 389 g/mol. The van der Waals surface area contributed by atoms with E-state index in [2.05, 4.69) is 20.7 Å². The summed E-state index contributed by atoms with van der Waals surface area (Å²) in [6.07, 6.45) is 0. The number of benzene rings is 2. The van der Waals surface area contributed by atoms with Crippen LogP contribution in [-0.4, -0.2) is 15.5 Å². The maximum Gasteiger partial charge on any atom is 0.244 e. The van der Waals surface area contributed by atoms with E-state index in [0.717, 1.165) is 10.0 Å². The summed E-state index contributed by atoms with van der Waals surface area (Å²) < 4.78 is 33.2. The lowest BCUT2D eigenvalue weighted by molar-refractivity contribution is 0.402. The lowest BCUT2D eigenvalue weighted by Gasteiger charge is -2.11. The number of ether oxygens (including phenoxy) is 1. The minimum Gasteiger partial charge on any atom is -0.495 e. The van der Waals surface area contributed by atoms with Crippen LogP contribution in [0.3, 0.4) is 0 Å². The van der Waals surface area contributed by atoms with Crippen LogP contribution in [-0.2, 0) is 16.6 Å². The van der Waals surface area contributed by atoms with Crippen molar-refractivity contribution in [1.82, 2.24) is 4.72 Å². The highest BCUT2D eigenvalue weighted by Crippen LogP contribution is 2.27. The Morgan fingerprint density at radius 1 is 1.19 bits per heavy atom. The number of nitrogens with one attached hydrogen (secondary N) is 1. The van der Waals surface area contributed by atoms with E-state index in [4.69, 9.17) is 16.3 Å². The van der Waals surface area contributed by atoms with Crippen molar-refractivity contribution in [2.45, 2.75) is 11.4 Å². The predicted octanol–water partition coefficient (Wildman–Crippen LogP) is 3.59. The van der Waals surface area contributed by atoms with Gasteiger partial charge in [0.25, 0.3) is 0 Å². The van der Waals surface area contributed by atoms with Gasteiger partial charge in [-0.2, -0.15) is 0 Å². The standard InChI is InChI=1S/C14H13BrClNO3S/c1-20-13-7-6-12(16)8-14(13)21(18,19)17-9-10-2-4-11(15)5-3-10/h2-8,17H,9H2,1H3. The van der Waals surface area contributed by atoms with Gasteiger partial charge in [0.2, 0.25) is 10.0 Å². The van der Waals surface area contributed by atoms with Crippen LogP contribution in [0.5, 0.6) is 5.75 Å². The van der Waals surface area contributed by atoms with Gasteiger partial charge in [0.1, 0.15) is 10.6 Å². The van der Waals surface area contributed by atoms with E-state index < -0.39 is 10.0 Å². The van der Waals surface area contributed by atoms with Crippen LogP contribution in [0.2, 0.25) is 5.02 Å². The van der Waals surface area contributed by atoms with Gasteiger partial charge in [0.05, 0.1) is 7.11 Å². The van der Waals surface area contributed by atoms with Crippen LogP contribution in [0.25, 0.3) is 0 Å². The number of hydrogen-bond donors (Lipinski definition) is 1. The van der Waals surface area contributed by atoms with E-state index in [1.807, 2.05) is 24.3 Å². The van der Waals surface area contributed by atoms with Gasteiger partial charge in [-0.1, -0.05) is 39.7 Å². The van der Waals surface area contributed by atoms with Crippen LogP contribution < -0.4 is 9.46 Å². The van der Waals surface area contributed by atoms with E-state index in [9.17, 15) is 8.42 Å². The Morgan fingerprint density at radius 3 is 2.48 bits per heavy atom. The highest BCUT2D eigenvalue weighted by molar-refractivity contribution is 9.10. The third-order valence-corrected chi connectivity index (χ3v) is 4.98. The van der Waals surface area contributed by atoms with Crippen molar-refractivity contribution in [3.05, 3.63) is 57.5 Å². The molecule has 0 spiro atoms. The molecule has 2 aromatic carbocycles. The first-order valence-corrected chi connectivity index (χ1v) is 8.65. The van der Waals surface area contributed by atoms with E-state index in [1.165, 1.54) is 19.2 Å². The van der Waals surface area contributed by atoms with Gasteiger partial charge in [-0.15, -0.1) is 0 Å². The first-order valence-electron chi connectivity index (χ1n) is 6.00. The molecule has 4 nitrogen and oxygen atoms in total. The fourth-order valence-electron chi connectivity index (χ4n) is 1.72. The lowest BCUT2D eigenvalue weighted by atomic mass is 10.2. The van der Waals surface area contributed by atoms with E-state index in [1.54, 1.807) is 6.07 Å². The van der Waals surface area contributed by atoms with Crippen molar-refractivity contribution >= 4 is 37.6 Å². The SMILES string of the molecule is COc1ccc(Cl)cc1S(=O)(=O)NCc1ccc(Br)cc1. The summed E-state index contributed by atoms with van der Waals surface area (Å²) in [6, 6.07) is 11.8. The first-order chi connectivity index (χ1) is 9.92. The molecular weight excluding hydrogens is 378 g/mol. The molecule has 1 N–H and O–H groups in total. The summed E-state index contributed by atoms with van der Waals surface area (Å²) in [7, 11) is -2.29. The molecule has 0 heterocycles. The summed E-state index contributed by atoms with van der Waals surface area (Å²) in [5, 5.41) is 0.333. The van der Waals surface area contributed by atoms with Gasteiger partial charge in [-0.25, -0.2) is 13.1 Å². The summed E-state index contributed by atoms with van der Waals surface area (Å²) in [6.45, 7) is 0.186. The van der Waals surface area contributed by atoms with E-state index in [0.29, 0.717) is 5.02 Å². The molecule has 7 heteroatoms. The third kappa shape index (κ3) is 4.20. The van der Waals surface area contributed by atoms with Gasteiger partial charge in [0.15, 0.2) is 0 Å². The zero-order chi connectivity index (χ0) is 15.5. The summed E-state index contributed by atoms with van der Waals surface area (Å²) in [5.74, 6) is 0.253. The molecule has 0 bridgehead atoms.